The van der Waals surface area contributed by atoms with Crippen LogP contribution in [0.4, 0.5) is 10.2 Å². The molecular formula is C24H33B3FN5O2. The van der Waals surface area contributed by atoms with Crippen LogP contribution in [-0.2, 0) is 9.85 Å². The number of aromatic nitrogens is 3. The van der Waals surface area contributed by atoms with E-state index in [-0.39, 0.29) is 17.0 Å². The molecule has 11 heteroatoms. The normalized spacial score (nSPS) is 23.3. The van der Waals surface area contributed by atoms with Crippen LogP contribution in [0.5, 0.6) is 0 Å². The zero-order chi connectivity index (χ0) is 24.9. The first-order valence-electron chi connectivity index (χ1n) is 12.7. The van der Waals surface area contributed by atoms with Crippen LogP contribution in [0, 0.1) is 19.7 Å². The molecule has 7 nitrogen and oxygen atoms in total. The van der Waals surface area contributed by atoms with Gasteiger partial charge in [0.25, 0.3) is 5.89 Å². The summed E-state index contributed by atoms with van der Waals surface area (Å²) in [5.74, 6) is 1.42. The minimum absolute atomic E-state index is 0.185. The highest BCUT2D eigenvalue weighted by Gasteiger charge is 2.33. The van der Waals surface area contributed by atoms with Crippen LogP contribution in [0.3, 0.4) is 0 Å². The lowest BCUT2D eigenvalue weighted by atomic mass is 9.40. The Morgan fingerprint density at radius 2 is 1.94 bits per heavy atom. The van der Waals surface area contributed by atoms with Crippen molar-refractivity contribution in [2.75, 3.05) is 24.7 Å². The van der Waals surface area contributed by atoms with E-state index in [0.717, 1.165) is 66.9 Å². The Morgan fingerprint density at radius 1 is 1.14 bits per heavy atom. The summed E-state index contributed by atoms with van der Waals surface area (Å²) in [6, 6.07) is 4.75. The predicted molar refractivity (Wildman–Crippen MR) is 144 cm³/mol. The van der Waals surface area contributed by atoms with Gasteiger partial charge in [0.1, 0.15) is 17.2 Å². The highest BCUT2D eigenvalue weighted by atomic mass is 19.1. The largest absolute Gasteiger partial charge is 0.380 e. The van der Waals surface area contributed by atoms with Crippen molar-refractivity contribution in [1.29, 1.82) is 0 Å². The fourth-order valence-corrected chi connectivity index (χ4v) is 5.40. The molecule has 0 amide bonds. The van der Waals surface area contributed by atoms with E-state index in [1.807, 2.05) is 6.92 Å². The molecule has 182 valence electrons. The Bertz CT molecular complexity index is 1240. The molecule has 0 radical (unpaired) electrons. The molecule has 2 aliphatic rings. The van der Waals surface area contributed by atoms with Gasteiger partial charge in [0, 0.05) is 36.7 Å². The van der Waals surface area contributed by atoms with Crippen molar-refractivity contribution in [3.63, 3.8) is 0 Å². The summed E-state index contributed by atoms with van der Waals surface area (Å²) in [4.78, 5) is 11.8. The number of benzene rings is 1. The van der Waals surface area contributed by atoms with Crippen LogP contribution in [0.2, 0.25) is 0 Å². The Morgan fingerprint density at radius 3 is 2.57 bits per heavy atom. The molecule has 3 aromatic rings. The second kappa shape index (κ2) is 9.24. The quantitative estimate of drug-likeness (QED) is 0.548. The number of fused-ring (bicyclic) bond motifs is 1. The van der Waals surface area contributed by atoms with E-state index in [1.54, 1.807) is 13.0 Å². The van der Waals surface area contributed by atoms with Crippen LogP contribution in [0.25, 0.3) is 22.4 Å². The van der Waals surface area contributed by atoms with Gasteiger partial charge in [-0.1, -0.05) is 21.9 Å². The van der Waals surface area contributed by atoms with Gasteiger partial charge in [-0.25, -0.2) is 9.37 Å². The SMILES string of the molecule is BC(B)(B)c1cc(F)c2nc(N3CC[C@@H](N[C@H]4CCOC4)C[C@H]3C)c(-c3nc(C)no3)c(C)c2c1. The molecule has 0 unspecified atom stereocenters. The van der Waals surface area contributed by atoms with Gasteiger partial charge >= 0.3 is 0 Å². The van der Waals surface area contributed by atoms with E-state index in [4.69, 9.17) is 14.2 Å². The van der Waals surface area contributed by atoms with Crippen LogP contribution in [0.15, 0.2) is 16.7 Å². The van der Waals surface area contributed by atoms with E-state index in [2.05, 4.69) is 56.9 Å². The average Bonchev–Trinajstić information content (AvgIpc) is 3.45. The number of ether oxygens (including phenoxy) is 1. The van der Waals surface area contributed by atoms with Crippen LogP contribution < -0.4 is 10.2 Å². The fraction of sp³-hybridized carbons (Fsp3) is 0.542. The molecule has 2 fully saturated rings. The predicted octanol–water partition coefficient (Wildman–Crippen LogP) is 0.786. The highest BCUT2D eigenvalue weighted by molar-refractivity contribution is 6.59. The summed E-state index contributed by atoms with van der Waals surface area (Å²) < 4.78 is 26.6. The van der Waals surface area contributed by atoms with E-state index in [9.17, 15) is 0 Å². The number of piperidine rings is 1. The number of pyridine rings is 1. The number of hydrogen-bond donors (Lipinski definition) is 1. The maximum absolute atomic E-state index is 15.5. The third kappa shape index (κ3) is 4.72. The monoisotopic (exact) mass is 475 g/mol. The first kappa shape index (κ1) is 24.3. The van der Waals surface area contributed by atoms with Crippen molar-refractivity contribution < 1.29 is 13.7 Å². The summed E-state index contributed by atoms with van der Waals surface area (Å²) in [5, 5.41) is 8.40. The smallest absolute Gasteiger partial charge is 0.261 e. The molecule has 1 aromatic carbocycles. The molecule has 3 atom stereocenters. The lowest BCUT2D eigenvalue weighted by Crippen LogP contribution is -2.50. The third-order valence-corrected chi connectivity index (χ3v) is 7.44. The van der Waals surface area contributed by atoms with Crippen LogP contribution in [-0.4, -0.2) is 76.5 Å². The van der Waals surface area contributed by atoms with Gasteiger partial charge in [-0.3, -0.25) is 0 Å². The van der Waals surface area contributed by atoms with Crippen LogP contribution >= 0.6 is 0 Å². The molecule has 4 heterocycles. The van der Waals surface area contributed by atoms with Gasteiger partial charge in [0.15, 0.2) is 5.82 Å². The van der Waals surface area contributed by atoms with Crippen molar-refractivity contribution in [3.8, 4) is 11.5 Å². The van der Waals surface area contributed by atoms with Crippen molar-refractivity contribution in [2.45, 2.75) is 63.3 Å². The molecule has 2 saturated heterocycles. The number of nitrogens with zero attached hydrogens (tertiary/aromatic N) is 4. The molecule has 0 saturated carbocycles. The Hall–Kier alpha value is -2.39. The Labute approximate surface area is 208 Å². The number of anilines is 1. The van der Waals surface area contributed by atoms with E-state index >= 15 is 4.39 Å². The maximum Gasteiger partial charge on any atom is 0.261 e. The fourth-order valence-electron chi connectivity index (χ4n) is 5.40. The minimum atomic E-state index is -0.296. The maximum atomic E-state index is 15.5. The Balaban J connectivity index is 1.58. The molecule has 2 aromatic heterocycles. The molecule has 5 rings (SSSR count). The van der Waals surface area contributed by atoms with Crippen molar-refractivity contribution >= 4 is 40.3 Å². The van der Waals surface area contributed by atoms with Crippen LogP contribution in [0.1, 0.15) is 43.1 Å². The second-order valence-electron chi connectivity index (χ2n) is 11.2. The minimum Gasteiger partial charge on any atom is -0.380 e. The number of halogens is 1. The zero-order valence-electron chi connectivity index (χ0n) is 21.6. The number of rotatable bonds is 5. The molecule has 35 heavy (non-hydrogen) atoms. The van der Waals surface area contributed by atoms with Gasteiger partial charge in [-0.15, -0.1) is 0 Å². The first-order chi connectivity index (χ1) is 16.6. The lowest BCUT2D eigenvalue weighted by molar-refractivity contribution is 0.185. The van der Waals surface area contributed by atoms with Gasteiger partial charge in [-0.05, 0) is 51.7 Å². The average molecular weight is 475 g/mol. The zero-order valence-corrected chi connectivity index (χ0v) is 21.6. The summed E-state index contributed by atoms with van der Waals surface area (Å²) in [6.45, 7) is 8.46. The third-order valence-electron chi connectivity index (χ3n) is 7.44. The van der Waals surface area contributed by atoms with Gasteiger partial charge in [0.05, 0.1) is 35.7 Å². The van der Waals surface area contributed by atoms with Crippen molar-refractivity contribution in [1.82, 2.24) is 20.4 Å². The summed E-state index contributed by atoms with van der Waals surface area (Å²) >= 11 is 0. The number of aryl methyl sites for hydroxylation is 2. The molecule has 0 aliphatic carbocycles. The van der Waals surface area contributed by atoms with Crippen molar-refractivity contribution in [3.05, 3.63) is 34.9 Å². The second-order valence-corrected chi connectivity index (χ2v) is 11.2. The standard InChI is InChI=1S/C24H33B3FN5O2/c1-12-8-16(30-17-5-7-34-11-17)4-6-33(12)22-20(23-29-14(3)32-35-23)13(2)18-9-15(24(25,26)27)10-19(28)21(18)31-22/h9-10,12,16-17,30H,4-8,11,25-27H2,1-3H3/t12-,16-,17+/m1/s1. The number of nitrogens with one attached hydrogen (secondary N) is 1. The first-order valence-corrected chi connectivity index (χ1v) is 12.7. The molecule has 0 spiro atoms. The summed E-state index contributed by atoms with van der Waals surface area (Å²) in [6.07, 6.45) is 3.02. The van der Waals surface area contributed by atoms with Gasteiger partial charge in [-0.2, -0.15) is 4.98 Å². The Kier molecular flexibility index (Phi) is 6.42. The van der Waals surface area contributed by atoms with Gasteiger partial charge < -0.3 is 19.5 Å². The lowest BCUT2D eigenvalue weighted by Gasteiger charge is -2.40. The van der Waals surface area contributed by atoms with Gasteiger partial charge in [0.2, 0.25) is 0 Å². The van der Waals surface area contributed by atoms with E-state index in [1.165, 1.54) is 0 Å². The molecule has 1 N–H and O–H groups in total. The van der Waals surface area contributed by atoms with E-state index < -0.39 is 0 Å². The summed E-state index contributed by atoms with van der Waals surface area (Å²) in [7, 11) is 6.26. The van der Waals surface area contributed by atoms with E-state index in [0.29, 0.717) is 29.3 Å². The highest BCUT2D eigenvalue weighted by Crippen LogP contribution is 2.39. The van der Waals surface area contributed by atoms with Crippen molar-refractivity contribution in [2.24, 2.45) is 0 Å². The molecule has 2 aliphatic heterocycles. The molecule has 0 bridgehead atoms. The summed E-state index contributed by atoms with van der Waals surface area (Å²) in [5.41, 5.74) is 3.03. The number of hydrogen-bond acceptors (Lipinski definition) is 7. The topological polar surface area (TPSA) is 76.3 Å². The molecular weight excluding hydrogens is 442 g/mol.